The maximum Gasteiger partial charge on any atom is 0.328 e. The minimum absolute atomic E-state index is 0.570. The molecule has 1 aromatic rings. The lowest BCUT2D eigenvalue weighted by molar-refractivity contribution is -0.131. The molecule has 0 radical (unpaired) electrons. The molecule has 1 aromatic carbocycles. The van der Waals surface area contributed by atoms with E-state index in [-0.39, 0.29) is 0 Å². The topological polar surface area (TPSA) is 58.6 Å². The highest BCUT2D eigenvalue weighted by Gasteiger charge is 1.97. The van der Waals surface area contributed by atoms with E-state index >= 15 is 0 Å². The summed E-state index contributed by atoms with van der Waals surface area (Å²) in [5.41, 5.74) is 3.10. The van der Waals surface area contributed by atoms with Gasteiger partial charge in [-0.25, -0.2) is 4.79 Å². The number of methoxy groups -OCH3 is 1. The number of rotatable bonds is 7. The number of carbonyl (C=O) groups is 1. The summed E-state index contributed by atoms with van der Waals surface area (Å²) in [7, 11) is 1.67. The fraction of sp³-hybridized carbons (Fsp3) is 0.357. The molecule has 98 valence electrons. The third-order valence-electron chi connectivity index (χ3n) is 2.41. The third-order valence-corrected chi connectivity index (χ3v) is 2.41. The number of carboxylic acids is 1. The molecule has 0 aliphatic rings. The monoisotopic (exact) mass is 249 g/mol. The van der Waals surface area contributed by atoms with Gasteiger partial charge in [0.05, 0.1) is 6.61 Å². The summed E-state index contributed by atoms with van der Waals surface area (Å²) in [5, 5.41) is 11.8. The average molecular weight is 249 g/mol. The zero-order chi connectivity index (χ0) is 13.4. The number of nitrogens with one attached hydrogen (secondary N) is 1. The molecule has 0 atom stereocenters. The fourth-order valence-electron chi connectivity index (χ4n) is 1.66. The van der Waals surface area contributed by atoms with Crippen molar-refractivity contribution in [1.29, 1.82) is 0 Å². The summed E-state index contributed by atoms with van der Waals surface area (Å²) in [6.07, 6.45) is 1.22. The zero-order valence-corrected chi connectivity index (χ0v) is 10.8. The van der Waals surface area contributed by atoms with E-state index in [1.807, 2.05) is 18.2 Å². The highest BCUT2D eigenvalue weighted by atomic mass is 16.5. The van der Waals surface area contributed by atoms with E-state index in [9.17, 15) is 4.79 Å². The normalized spacial score (nSPS) is 11.6. The van der Waals surface area contributed by atoms with Crippen molar-refractivity contribution >= 4 is 5.97 Å². The third kappa shape index (κ3) is 5.61. The maximum absolute atomic E-state index is 10.4. The zero-order valence-electron chi connectivity index (χ0n) is 10.8. The van der Waals surface area contributed by atoms with Crippen LogP contribution in [0, 0.1) is 0 Å². The van der Waals surface area contributed by atoms with Crippen LogP contribution in [0.1, 0.15) is 18.1 Å². The van der Waals surface area contributed by atoms with Crippen LogP contribution in [0.3, 0.4) is 0 Å². The minimum Gasteiger partial charge on any atom is -0.478 e. The number of hydrogen-bond donors (Lipinski definition) is 2. The molecule has 4 nitrogen and oxygen atoms in total. The van der Waals surface area contributed by atoms with Crippen LogP contribution in [-0.2, 0) is 22.7 Å². The molecule has 0 saturated carbocycles. The van der Waals surface area contributed by atoms with Crippen molar-refractivity contribution in [2.75, 3.05) is 13.7 Å². The van der Waals surface area contributed by atoms with Gasteiger partial charge in [-0.05, 0) is 18.1 Å². The van der Waals surface area contributed by atoms with Gasteiger partial charge in [-0.15, -0.1) is 0 Å². The molecule has 4 heteroatoms. The lowest BCUT2D eigenvalue weighted by Crippen LogP contribution is -2.16. The predicted molar refractivity (Wildman–Crippen MR) is 70.3 cm³/mol. The second-order valence-electron chi connectivity index (χ2n) is 4.19. The van der Waals surface area contributed by atoms with E-state index < -0.39 is 5.97 Å². The molecular weight excluding hydrogens is 230 g/mol. The predicted octanol–water partition coefficient (Wildman–Crippen LogP) is 1.95. The average Bonchev–Trinajstić information content (AvgIpc) is 2.29. The molecule has 0 amide bonds. The first kappa shape index (κ1) is 14.4. The Labute approximate surface area is 107 Å². The van der Waals surface area contributed by atoms with Crippen LogP contribution in [-0.4, -0.2) is 24.7 Å². The van der Waals surface area contributed by atoms with Gasteiger partial charge in [0.1, 0.15) is 0 Å². The van der Waals surface area contributed by atoms with E-state index in [0.29, 0.717) is 19.7 Å². The smallest absolute Gasteiger partial charge is 0.328 e. The number of aliphatic carboxylic acids is 1. The molecule has 2 N–H and O–H groups in total. The second kappa shape index (κ2) is 7.63. The standard InChI is InChI=1S/C14H19NO3/c1-11(6-14(16)17)8-15-9-12-4-3-5-13(7-12)10-18-2/h3-7,15H,8-10H2,1-2H3,(H,16,17)/b11-6+. The fourth-order valence-corrected chi connectivity index (χ4v) is 1.66. The molecule has 0 spiro atoms. The summed E-state index contributed by atoms with van der Waals surface area (Å²) >= 11 is 0. The van der Waals surface area contributed by atoms with E-state index in [0.717, 1.165) is 16.7 Å². The minimum atomic E-state index is -0.906. The quantitative estimate of drug-likeness (QED) is 0.725. The van der Waals surface area contributed by atoms with Crippen LogP contribution < -0.4 is 5.32 Å². The van der Waals surface area contributed by atoms with Gasteiger partial charge in [0, 0.05) is 26.3 Å². The van der Waals surface area contributed by atoms with Crippen molar-refractivity contribution in [3.63, 3.8) is 0 Å². The summed E-state index contributed by atoms with van der Waals surface area (Å²) < 4.78 is 5.07. The van der Waals surface area contributed by atoms with Crippen molar-refractivity contribution in [3.8, 4) is 0 Å². The Hall–Kier alpha value is -1.65. The Morgan fingerprint density at radius 3 is 2.83 bits per heavy atom. The van der Waals surface area contributed by atoms with Gasteiger partial charge in [-0.3, -0.25) is 0 Å². The number of ether oxygens (including phenoxy) is 1. The van der Waals surface area contributed by atoms with Crippen LogP contribution >= 0.6 is 0 Å². The Bertz CT molecular complexity index is 427. The molecule has 0 aromatic heterocycles. The molecule has 18 heavy (non-hydrogen) atoms. The Kier molecular flexibility index (Phi) is 6.11. The first-order valence-electron chi connectivity index (χ1n) is 5.79. The molecule has 1 rings (SSSR count). The van der Waals surface area contributed by atoms with E-state index in [2.05, 4.69) is 11.4 Å². The van der Waals surface area contributed by atoms with Crippen molar-refractivity contribution in [3.05, 3.63) is 47.0 Å². The van der Waals surface area contributed by atoms with Gasteiger partial charge in [0.2, 0.25) is 0 Å². The van der Waals surface area contributed by atoms with Gasteiger partial charge >= 0.3 is 5.97 Å². The van der Waals surface area contributed by atoms with Crippen LogP contribution in [0.4, 0.5) is 0 Å². The van der Waals surface area contributed by atoms with Crippen LogP contribution in [0.5, 0.6) is 0 Å². The highest BCUT2D eigenvalue weighted by Crippen LogP contribution is 2.06. The first-order chi connectivity index (χ1) is 8.61. The van der Waals surface area contributed by atoms with Crippen LogP contribution in [0.15, 0.2) is 35.9 Å². The number of hydrogen-bond acceptors (Lipinski definition) is 3. The van der Waals surface area contributed by atoms with Crippen molar-refractivity contribution < 1.29 is 14.6 Å². The molecule has 0 fully saturated rings. The summed E-state index contributed by atoms with van der Waals surface area (Å²) in [6, 6.07) is 8.11. The van der Waals surface area contributed by atoms with Crippen molar-refractivity contribution in [2.24, 2.45) is 0 Å². The first-order valence-corrected chi connectivity index (χ1v) is 5.79. The van der Waals surface area contributed by atoms with Gasteiger partial charge in [0.25, 0.3) is 0 Å². The Morgan fingerprint density at radius 2 is 2.17 bits per heavy atom. The molecule has 0 unspecified atom stereocenters. The van der Waals surface area contributed by atoms with Crippen LogP contribution in [0.2, 0.25) is 0 Å². The van der Waals surface area contributed by atoms with Crippen molar-refractivity contribution in [1.82, 2.24) is 5.32 Å². The lowest BCUT2D eigenvalue weighted by Gasteiger charge is -2.07. The van der Waals surface area contributed by atoms with Gasteiger partial charge < -0.3 is 15.2 Å². The van der Waals surface area contributed by atoms with Crippen molar-refractivity contribution in [2.45, 2.75) is 20.1 Å². The highest BCUT2D eigenvalue weighted by molar-refractivity contribution is 5.80. The van der Waals surface area contributed by atoms with E-state index in [1.54, 1.807) is 14.0 Å². The van der Waals surface area contributed by atoms with E-state index in [1.165, 1.54) is 6.08 Å². The lowest BCUT2D eigenvalue weighted by atomic mass is 10.1. The largest absolute Gasteiger partial charge is 0.478 e. The summed E-state index contributed by atoms with van der Waals surface area (Å²) in [4.78, 5) is 10.4. The SMILES string of the molecule is COCc1cccc(CNC/C(C)=C/C(=O)O)c1. The number of carboxylic acid groups (broad SMARTS) is 1. The second-order valence-corrected chi connectivity index (χ2v) is 4.19. The maximum atomic E-state index is 10.4. The molecular formula is C14H19NO3. The number of benzene rings is 1. The summed E-state index contributed by atoms with van der Waals surface area (Å²) in [6.45, 7) is 3.68. The molecule has 0 saturated heterocycles. The summed E-state index contributed by atoms with van der Waals surface area (Å²) in [5.74, 6) is -0.906. The molecule has 0 heterocycles. The van der Waals surface area contributed by atoms with Gasteiger partial charge in [-0.2, -0.15) is 0 Å². The van der Waals surface area contributed by atoms with Gasteiger partial charge in [-0.1, -0.05) is 29.8 Å². The van der Waals surface area contributed by atoms with Crippen LogP contribution in [0.25, 0.3) is 0 Å². The molecule has 0 aliphatic carbocycles. The molecule has 0 bridgehead atoms. The Morgan fingerprint density at radius 1 is 1.44 bits per heavy atom. The molecule has 0 aliphatic heterocycles. The Balaban J connectivity index is 2.44. The van der Waals surface area contributed by atoms with Gasteiger partial charge in [0.15, 0.2) is 0 Å². The van der Waals surface area contributed by atoms with E-state index in [4.69, 9.17) is 9.84 Å².